The maximum absolute atomic E-state index is 10.5. The number of anilines is 1. The molecular weight excluding hydrogens is 178 g/mol. The zero-order chi connectivity index (χ0) is 10.4. The van der Waals surface area contributed by atoms with Gasteiger partial charge < -0.3 is 10.4 Å². The molecule has 0 atom stereocenters. The summed E-state index contributed by atoms with van der Waals surface area (Å²) in [5, 5.41) is 11.7. The first-order valence-corrected chi connectivity index (χ1v) is 4.24. The lowest BCUT2D eigenvalue weighted by molar-refractivity contribution is 0.0697. The molecule has 1 aromatic rings. The molecule has 0 saturated heterocycles. The normalized spacial score (nSPS) is 9.07. The van der Waals surface area contributed by atoms with E-state index in [0.29, 0.717) is 13.0 Å². The van der Waals surface area contributed by atoms with E-state index in [0.717, 1.165) is 5.69 Å². The van der Waals surface area contributed by atoms with E-state index in [-0.39, 0.29) is 5.56 Å². The van der Waals surface area contributed by atoms with Crippen LogP contribution in [0.15, 0.2) is 24.3 Å². The van der Waals surface area contributed by atoms with E-state index in [9.17, 15) is 4.79 Å². The number of carbonyl (C=O) groups is 1. The number of rotatable bonds is 4. The predicted molar refractivity (Wildman–Crippen MR) is 55.3 cm³/mol. The van der Waals surface area contributed by atoms with Crippen molar-refractivity contribution in [3.8, 4) is 12.3 Å². The van der Waals surface area contributed by atoms with E-state index in [4.69, 9.17) is 11.5 Å². The lowest BCUT2D eigenvalue weighted by Gasteiger charge is -2.03. The van der Waals surface area contributed by atoms with Gasteiger partial charge in [0.15, 0.2) is 0 Å². The first-order chi connectivity index (χ1) is 6.74. The molecular formula is C11H11NO2. The van der Waals surface area contributed by atoms with Crippen molar-refractivity contribution in [3.63, 3.8) is 0 Å². The summed E-state index contributed by atoms with van der Waals surface area (Å²) in [6, 6.07) is 6.56. The second kappa shape index (κ2) is 4.93. The molecule has 3 heteroatoms. The third kappa shape index (κ3) is 2.83. The van der Waals surface area contributed by atoms with Gasteiger partial charge in [-0.25, -0.2) is 4.79 Å². The average Bonchev–Trinajstić information content (AvgIpc) is 2.19. The number of benzene rings is 1. The zero-order valence-electron chi connectivity index (χ0n) is 7.66. The Morgan fingerprint density at radius 3 is 2.57 bits per heavy atom. The lowest BCUT2D eigenvalue weighted by atomic mass is 10.2. The van der Waals surface area contributed by atoms with Gasteiger partial charge in [-0.1, -0.05) is 0 Å². The number of terminal acetylenes is 1. The zero-order valence-corrected chi connectivity index (χ0v) is 7.66. The van der Waals surface area contributed by atoms with Crippen LogP contribution < -0.4 is 5.32 Å². The summed E-state index contributed by atoms with van der Waals surface area (Å²) in [6.45, 7) is 0.697. The first kappa shape index (κ1) is 10.1. The van der Waals surface area contributed by atoms with Gasteiger partial charge in [-0.05, 0) is 24.3 Å². The van der Waals surface area contributed by atoms with Gasteiger partial charge in [-0.3, -0.25) is 0 Å². The highest BCUT2D eigenvalue weighted by Gasteiger charge is 2.00. The monoisotopic (exact) mass is 189 g/mol. The van der Waals surface area contributed by atoms with Gasteiger partial charge >= 0.3 is 5.97 Å². The van der Waals surface area contributed by atoms with Gasteiger partial charge in [0.05, 0.1) is 5.56 Å². The standard InChI is InChI=1S/C11H11NO2/c1-2-3-8-12-10-6-4-9(5-7-10)11(13)14/h1,4-7,12H,3,8H2,(H,13,14). The van der Waals surface area contributed by atoms with E-state index in [1.54, 1.807) is 24.3 Å². The molecule has 0 aliphatic heterocycles. The number of hydrogen-bond donors (Lipinski definition) is 2. The van der Waals surface area contributed by atoms with Crippen LogP contribution in [0.3, 0.4) is 0 Å². The Morgan fingerprint density at radius 1 is 1.43 bits per heavy atom. The van der Waals surface area contributed by atoms with Crippen molar-refractivity contribution in [3.05, 3.63) is 29.8 Å². The summed E-state index contributed by atoms with van der Waals surface area (Å²) in [5.74, 6) is 1.59. The molecule has 0 bridgehead atoms. The fourth-order valence-electron chi connectivity index (χ4n) is 1.01. The van der Waals surface area contributed by atoms with Crippen molar-refractivity contribution in [1.29, 1.82) is 0 Å². The van der Waals surface area contributed by atoms with Gasteiger partial charge in [0.25, 0.3) is 0 Å². The second-order valence-electron chi connectivity index (χ2n) is 2.76. The fraction of sp³-hybridized carbons (Fsp3) is 0.182. The largest absolute Gasteiger partial charge is 0.478 e. The summed E-state index contributed by atoms with van der Waals surface area (Å²) in [5.41, 5.74) is 1.16. The van der Waals surface area contributed by atoms with Crippen LogP contribution in [0.2, 0.25) is 0 Å². The first-order valence-electron chi connectivity index (χ1n) is 4.24. The van der Waals surface area contributed by atoms with E-state index in [1.165, 1.54) is 0 Å². The minimum absolute atomic E-state index is 0.285. The Labute approximate surface area is 82.8 Å². The SMILES string of the molecule is C#CCCNc1ccc(C(=O)O)cc1. The molecule has 14 heavy (non-hydrogen) atoms. The second-order valence-corrected chi connectivity index (χ2v) is 2.76. The number of nitrogens with one attached hydrogen (secondary N) is 1. The van der Waals surface area contributed by atoms with E-state index in [1.807, 2.05) is 0 Å². The molecule has 2 N–H and O–H groups in total. The molecule has 0 unspecified atom stereocenters. The van der Waals surface area contributed by atoms with E-state index in [2.05, 4.69) is 11.2 Å². The Morgan fingerprint density at radius 2 is 2.07 bits per heavy atom. The van der Waals surface area contributed by atoms with Crippen molar-refractivity contribution in [1.82, 2.24) is 0 Å². The maximum atomic E-state index is 10.5. The van der Waals surface area contributed by atoms with Crippen LogP contribution in [0.1, 0.15) is 16.8 Å². The number of carboxylic acid groups (broad SMARTS) is 1. The van der Waals surface area contributed by atoms with Crippen molar-refractivity contribution in [2.24, 2.45) is 0 Å². The highest BCUT2D eigenvalue weighted by molar-refractivity contribution is 5.87. The third-order valence-corrected chi connectivity index (χ3v) is 1.73. The Hall–Kier alpha value is -1.95. The number of carboxylic acids is 1. The fourth-order valence-corrected chi connectivity index (χ4v) is 1.01. The van der Waals surface area contributed by atoms with Crippen LogP contribution >= 0.6 is 0 Å². The topological polar surface area (TPSA) is 49.3 Å². The summed E-state index contributed by atoms with van der Waals surface area (Å²) in [6.07, 6.45) is 5.74. The molecule has 0 saturated carbocycles. The number of aromatic carboxylic acids is 1. The van der Waals surface area contributed by atoms with Crippen molar-refractivity contribution >= 4 is 11.7 Å². The van der Waals surface area contributed by atoms with Gasteiger partial charge in [0.2, 0.25) is 0 Å². The van der Waals surface area contributed by atoms with Crippen LogP contribution in [0.25, 0.3) is 0 Å². The van der Waals surface area contributed by atoms with Crippen LogP contribution in [0.4, 0.5) is 5.69 Å². The molecule has 0 aromatic heterocycles. The molecule has 72 valence electrons. The number of hydrogen-bond acceptors (Lipinski definition) is 2. The van der Waals surface area contributed by atoms with Crippen LogP contribution in [0, 0.1) is 12.3 Å². The quantitative estimate of drug-likeness (QED) is 0.561. The molecule has 0 spiro atoms. The van der Waals surface area contributed by atoms with Gasteiger partial charge in [-0.15, -0.1) is 12.3 Å². The van der Waals surface area contributed by atoms with Crippen LogP contribution in [0.5, 0.6) is 0 Å². The highest BCUT2D eigenvalue weighted by atomic mass is 16.4. The molecule has 1 rings (SSSR count). The summed E-state index contributed by atoms with van der Waals surface area (Å²) in [7, 11) is 0. The molecule has 0 heterocycles. The maximum Gasteiger partial charge on any atom is 0.335 e. The third-order valence-electron chi connectivity index (χ3n) is 1.73. The summed E-state index contributed by atoms with van der Waals surface area (Å²) in [4.78, 5) is 10.5. The molecule has 0 aliphatic rings. The van der Waals surface area contributed by atoms with Gasteiger partial charge in [0, 0.05) is 18.7 Å². The minimum atomic E-state index is -0.917. The Kier molecular flexibility index (Phi) is 3.57. The highest BCUT2D eigenvalue weighted by Crippen LogP contribution is 2.09. The lowest BCUT2D eigenvalue weighted by Crippen LogP contribution is -2.01. The van der Waals surface area contributed by atoms with Gasteiger partial charge in [-0.2, -0.15) is 0 Å². The van der Waals surface area contributed by atoms with Crippen molar-refractivity contribution in [2.45, 2.75) is 6.42 Å². The van der Waals surface area contributed by atoms with E-state index < -0.39 is 5.97 Å². The van der Waals surface area contributed by atoms with E-state index >= 15 is 0 Å². The molecule has 0 amide bonds. The summed E-state index contributed by atoms with van der Waals surface area (Å²) >= 11 is 0. The minimum Gasteiger partial charge on any atom is -0.478 e. The smallest absolute Gasteiger partial charge is 0.335 e. The molecule has 0 fully saturated rings. The summed E-state index contributed by atoms with van der Waals surface area (Å²) < 4.78 is 0. The van der Waals surface area contributed by atoms with Crippen LogP contribution in [-0.4, -0.2) is 17.6 Å². The molecule has 0 aliphatic carbocycles. The van der Waals surface area contributed by atoms with Crippen LogP contribution in [-0.2, 0) is 0 Å². The van der Waals surface area contributed by atoms with Crippen molar-refractivity contribution < 1.29 is 9.90 Å². The van der Waals surface area contributed by atoms with Gasteiger partial charge in [0.1, 0.15) is 0 Å². The Balaban J connectivity index is 2.56. The predicted octanol–water partition coefficient (Wildman–Crippen LogP) is 1.82. The molecule has 0 radical (unpaired) electrons. The molecule has 1 aromatic carbocycles. The molecule has 3 nitrogen and oxygen atoms in total. The van der Waals surface area contributed by atoms with Crippen molar-refractivity contribution in [2.75, 3.05) is 11.9 Å². The average molecular weight is 189 g/mol. The Bertz CT molecular complexity index is 349.